The SMILES string of the molecule is C=C(c1ccc(Cl)cc1)c1cc(C(=O)OC)sc1C(=C)c1ccc(Cl)cc1. The number of benzene rings is 2. The van der Waals surface area contributed by atoms with Gasteiger partial charge >= 0.3 is 5.97 Å². The van der Waals surface area contributed by atoms with Crippen molar-refractivity contribution in [1.29, 1.82) is 0 Å². The second kappa shape index (κ2) is 8.13. The second-order valence-electron chi connectivity index (χ2n) is 5.82. The van der Waals surface area contributed by atoms with Gasteiger partial charge in [0.05, 0.1) is 7.11 Å². The van der Waals surface area contributed by atoms with Crippen molar-refractivity contribution in [3.05, 3.63) is 104 Å². The maximum Gasteiger partial charge on any atom is 0.348 e. The predicted octanol–water partition coefficient (Wildman–Crippen LogP) is 6.96. The Morgan fingerprint density at radius 1 is 0.889 bits per heavy atom. The quantitative estimate of drug-likeness (QED) is 0.421. The zero-order chi connectivity index (χ0) is 19.6. The molecule has 0 saturated heterocycles. The molecule has 0 amide bonds. The van der Waals surface area contributed by atoms with Crippen LogP contribution in [-0.2, 0) is 4.74 Å². The summed E-state index contributed by atoms with van der Waals surface area (Å²) in [6.07, 6.45) is 0. The number of halogens is 2. The van der Waals surface area contributed by atoms with Crippen molar-refractivity contribution in [1.82, 2.24) is 0 Å². The number of carbonyl (C=O) groups excluding carboxylic acids is 1. The highest BCUT2D eigenvalue weighted by Gasteiger charge is 2.20. The van der Waals surface area contributed by atoms with Gasteiger partial charge in [-0.05, 0) is 52.6 Å². The van der Waals surface area contributed by atoms with Crippen LogP contribution < -0.4 is 0 Å². The summed E-state index contributed by atoms with van der Waals surface area (Å²) in [5.74, 6) is -0.389. The van der Waals surface area contributed by atoms with Crippen LogP contribution in [0.4, 0.5) is 0 Å². The lowest BCUT2D eigenvalue weighted by atomic mass is 9.95. The Balaban J connectivity index is 2.08. The summed E-state index contributed by atoms with van der Waals surface area (Å²) in [6, 6.07) is 16.6. The van der Waals surface area contributed by atoms with Crippen molar-refractivity contribution in [2.24, 2.45) is 0 Å². The third-order valence-corrected chi connectivity index (χ3v) is 5.78. The lowest BCUT2D eigenvalue weighted by molar-refractivity contribution is 0.0606. The molecule has 0 saturated carbocycles. The van der Waals surface area contributed by atoms with Gasteiger partial charge in [0.1, 0.15) is 4.88 Å². The van der Waals surface area contributed by atoms with Crippen molar-refractivity contribution >= 4 is 51.7 Å². The maximum atomic E-state index is 12.1. The molecule has 0 unspecified atom stereocenters. The van der Waals surface area contributed by atoms with Crippen LogP contribution >= 0.6 is 34.5 Å². The Bertz CT molecular complexity index is 940. The molecule has 3 rings (SSSR count). The fraction of sp³-hybridized carbons (Fsp3) is 0.0455. The molecule has 1 aromatic heterocycles. The highest BCUT2D eigenvalue weighted by molar-refractivity contribution is 7.15. The molecular formula is C22H16Cl2O2S. The minimum atomic E-state index is -0.389. The van der Waals surface area contributed by atoms with Crippen molar-refractivity contribution < 1.29 is 9.53 Å². The molecule has 0 bridgehead atoms. The molecule has 0 aliphatic carbocycles. The molecule has 2 nitrogen and oxygen atoms in total. The Morgan fingerprint density at radius 2 is 1.37 bits per heavy atom. The number of methoxy groups -OCH3 is 1. The van der Waals surface area contributed by atoms with E-state index >= 15 is 0 Å². The first-order valence-electron chi connectivity index (χ1n) is 8.03. The van der Waals surface area contributed by atoms with Crippen molar-refractivity contribution in [3.8, 4) is 0 Å². The van der Waals surface area contributed by atoms with Crippen molar-refractivity contribution in [3.63, 3.8) is 0 Å². The first-order valence-corrected chi connectivity index (χ1v) is 9.60. The van der Waals surface area contributed by atoms with Gasteiger partial charge < -0.3 is 4.74 Å². The van der Waals surface area contributed by atoms with Crippen LogP contribution in [-0.4, -0.2) is 13.1 Å². The van der Waals surface area contributed by atoms with Gasteiger partial charge in [-0.25, -0.2) is 4.79 Å². The van der Waals surface area contributed by atoms with Crippen molar-refractivity contribution in [2.45, 2.75) is 0 Å². The van der Waals surface area contributed by atoms with Crippen LogP contribution in [0.5, 0.6) is 0 Å². The largest absolute Gasteiger partial charge is 0.465 e. The lowest BCUT2D eigenvalue weighted by Gasteiger charge is -2.10. The zero-order valence-electron chi connectivity index (χ0n) is 14.6. The predicted molar refractivity (Wildman–Crippen MR) is 115 cm³/mol. The van der Waals surface area contributed by atoms with E-state index < -0.39 is 0 Å². The Hall–Kier alpha value is -2.33. The number of esters is 1. The molecule has 2 aromatic carbocycles. The molecule has 0 radical (unpaired) electrons. The van der Waals surface area contributed by atoms with Crippen LogP contribution in [0.3, 0.4) is 0 Å². The van der Waals surface area contributed by atoms with Crippen LogP contribution in [0.1, 0.15) is 31.2 Å². The summed E-state index contributed by atoms with van der Waals surface area (Å²) in [7, 11) is 1.36. The van der Waals surface area contributed by atoms with E-state index in [2.05, 4.69) is 13.2 Å². The number of thiophene rings is 1. The topological polar surface area (TPSA) is 26.3 Å². The van der Waals surface area contributed by atoms with Gasteiger partial charge in [0.25, 0.3) is 0 Å². The maximum absolute atomic E-state index is 12.1. The standard InChI is InChI=1S/C22H16Cl2O2S/c1-13(15-4-8-17(23)9-5-15)19-12-20(22(25)26-3)27-21(19)14(2)16-6-10-18(24)11-7-16/h4-12H,1-2H2,3H3. The van der Waals surface area contributed by atoms with Crippen LogP contribution in [0.25, 0.3) is 11.1 Å². The Labute approximate surface area is 172 Å². The van der Waals surface area contributed by atoms with Gasteiger partial charge in [0.15, 0.2) is 0 Å². The van der Waals surface area contributed by atoms with Gasteiger partial charge in [0, 0.05) is 20.5 Å². The van der Waals surface area contributed by atoms with Gasteiger partial charge in [0.2, 0.25) is 0 Å². The summed E-state index contributed by atoms with van der Waals surface area (Å²) < 4.78 is 4.88. The van der Waals surface area contributed by atoms with Gasteiger partial charge in [-0.1, -0.05) is 60.6 Å². The fourth-order valence-electron chi connectivity index (χ4n) is 2.63. The van der Waals surface area contributed by atoms with E-state index in [0.29, 0.717) is 14.9 Å². The number of rotatable bonds is 5. The minimum absolute atomic E-state index is 0.389. The first kappa shape index (κ1) is 19.4. The molecule has 0 N–H and O–H groups in total. The molecular weight excluding hydrogens is 399 g/mol. The van der Waals surface area contributed by atoms with Crippen molar-refractivity contribution in [2.75, 3.05) is 7.11 Å². The van der Waals surface area contributed by atoms with E-state index in [0.717, 1.165) is 32.7 Å². The molecule has 136 valence electrons. The number of hydrogen-bond donors (Lipinski definition) is 0. The monoisotopic (exact) mass is 414 g/mol. The summed E-state index contributed by atoms with van der Waals surface area (Å²) in [5.41, 5.74) is 4.24. The van der Waals surface area contributed by atoms with Crippen LogP contribution in [0.15, 0.2) is 67.8 Å². The Morgan fingerprint density at radius 3 is 1.85 bits per heavy atom. The van der Waals surface area contributed by atoms with Gasteiger partial charge in [-0.2, -0.15) is 0 Å². The molecule has 0 fully saturated rings. The molecule has 5 heteroatoms. The molecule has 0 aliphatic rings. The summed E-state index contributed by atoms with van der Waals surface area (Å²) in [5, 5.41) is 1.30. The highest BCUT2D eigenvalue weighted by Crippen LogP contribution is 2.38. The Kier molecular flexibility index (Phi) is 5.85. The third-order valence-electron chi connectivity index (χ3n) is 4.10. The fourth-order valence-corrected chi connectivity index (χ4v) is 3.98. The van der Waals surface area contributed by atoms with E-state index in [1.165, 1.54) is 18.4 Å². The smallest absolute Gasteiger partial charge is 0.348 e. The summed E-state index contributed by atoms with van der Waals surface area (Å²) in [6.45, 7) is 8.45. The average molecular weight is 415 g/mol. The highest BCUT2D eigenvalue weighted by atomic mass is 35.5. The molecule has 0 atom stereocenters. The molecule has 0 spiro atoms. The van der Waals surface area contributed by atoms with E-state index in [1.54, 1.807) is 6.07 Å². The van der Waals surface area contributed by atoms with E-state index in [4.69, 9.17) is 27.9 Å². The zero-order valence-corrected chi connectivity index (χ0v) is 16.9. The first-order chi connectivity index (χ1) is 12.9. The second-order valence-corrected chi connectivity index (χ2v) is 7.74. The van der Waals surface area contributed by atoms with E-state index in [1.807, 2.05) is 48.5 Å². The van der Waals surface area contributed by atoms with Crippen LogP contribution in [0, 0.1) is 0 Å². The number of hydrogen-bond acceptors (Lipinski definition) is 3. The summed E-state index contributed by atoms with van der Waals surface area (Å²) in [4.78, 5) is 13.4. The van der Waals surface area contributed by atoms with E-state index in [9.17, 15) is 4.79 Å². The van der Waals surface area contributed by atoms with E-state index in [-0.39, 0.29) is 5.97 Å². The molecule has 1 heterocycles. The number of ether oxygens (including phenoxy) is 1. The lowest BCUT2D eigenvalue weighted by Crippen LogP contribution is -1.97. The molecule has 27 heavy (non-hydrogen) atoms. The van der Waals surface area contributed by atoms with Gasteiger partial charge in [-0.3, -0.25) is 0 Å². The van der Waals surface area contributed by atoms with Crippen LogP contribution in [0.2, 0.25) is 10.0 Å². The number of carbonyl (C=O) groups is 1. The molecule has 3 aromatic rings. The molecule has 0 aliphatic heterocycles. The van der Waals surface area contributed by atoms with Gasteiger partial charge in [-0.15, -0.1) is 11.3 Å². The minimum Gasteiger partial charge on any atom is -0.465 e. The third kappa shape index (κ3) is 4.16. The summed E-state index contributed by atoms with van der Waals surface area (Å²) >= 11 is 13.3. The average Bonchev–Trinajstić information content (AvgIpc) is 3.13. The normalized spacial score (nSPS) is 10.5.